The number of guanidine groups is 1. The van der Waals surface area contributed by atoms with Gasteiger partial charge in [0.25, 0.3) is 0 Å². The van der Waals surface area contributed by atoms with E-state index in [1.54, 1.807) is 43.5 Å². The summed E-state index contributed by atoms with van der Waals surface area (Å²) in [5, 5.41) is 22.7. The van der Waals surface area contributed by atoms with Crippen molar-refractivity contribution < 1.29 is 24.5 Å². The summed E-state index contributed by atoms with van der Waals surface area (Å²) in [6.07, 6.45) is 5.62. The molecule has 0 fully saturated rings. The highest BCUT2D eigenvalue weighted by Crippen LogP contribution is 2.35. The monoisotopic (exact) mass is 427 g/mol. The quantitative estimate of drug-likeness (QED) is 0.199. The highest BCUT2D eigenvalue weighted by Gasteiger charge is 2.11. The van der Waals surface area contributed by atoms with E-state index in [9.17, 15) is 15.0 Å². The number of carbonyl (C=O) groups excluding carboxylic acids is 1. The summed E-state index contributed by atoms with van der Waals surface area (Å²) < 4.78 is 10.3. The molecule has 0 saturated heterocycles. The average molecular weight is 428 g/mol. The van der Waals surface area contributed by atoms with Crippen molar-refractivity contribution in [2.75, 3.05) is 26.6 Å². The number of phenolic OH excluding ortho intramolecular Hbond substituents is 2. The fraction of sp³-hybridized carbons (Fsp3) is 0.304. The highest BCUT2D eigenvalue weighted by atomic mass is 16.5. The molecule has 0 saturated carbocycles. The number of aliphatic imine (C=N–C) groups is 1. The Labute approximate surface area is 182 Å². The molecule has 0 amide bonds. The molecule has 2 aromatic rings. The average Bonchev–Trinajstić information content (AvgIpc) is 2.77. The summed E-state index contributed by atoms with van der Waals surface area (Å²) in [6.45, 7) is 0. The summed E-state index contributed by atoms with van der Waals surface area (Å²) >= 11 is 0. The van der Waals surface area contributed by atoms with E-state index >= 15 is 0 Å². The van der Waals surface area contributed by atoms with Gasteiger partial charge in [0.05, 0.1) is 19.9 Å². The largest absolute Gasteiger partial charge is 0.504 e. The lowest BCUT2D eigenvalue weighted by atomic mass is 10.1. The summed E-state index contributed by atoms with van der Waals surface area (Å²) in [7, 11) is 4.50. The van der Waals surface area contributed by atoms with Gasteiger partial charge in [-0.3, -0.25) is 9.79 Å². The van der Waals surface area contributed by atoms with Gasteiger partial charge in [0.2, 0.25) is 0 Å². The van der Waals surface area contributed by atoms with Gasteiger partial charge in [-0.15, -0.1) is 0 Å². The lowest BCUT2D eigenvalue weighted by molar-refractivity contribution is -0.114. The van der Waals surface area contributed by atoms with Crippen LogP contribution < -0.4 is 20.5 Å². The lowest BCUT2D eigenvalue weighted by Gasteiger charge is -2.13. The van der Waals surface area contributed by atoms with Crippen LogP contribution in [-0.4, -0.2) is 43.2 Å². The number of benzene rings is 2. The number of nitrogens with one attached hydrogen (secondary N) is 1. The maximum absolute atomic E-state index is 12.1. The number of nitrogens with two attached hydrogens (primary N) is 1. The second-order valence-corrected chi connectivity index (χ2v) is 6.84. The van der Waals surface area contributed by atoms with Gasteiger partial charge in [-0.25, -0.2) is 0 Å². The zero-order valence-electron chi connectivity index (χ0n) is 18.0. The Balaban J connectivity index is 1.91. The van der Waals surface area contributed by atoms with Crippen LogP contribution in [0.3, 0.4) is 0 Å². The molecular weight excluding hydrogens is 398 g/mol. The molecule has 0 atom stereocenters. The number of allylic oxidation sites excluding steroid dienone is 2. The molecule has 0 aromatic heterocycles. The van der Waals surface area contributed by atoms with Crippen molar-refractivity contribution in [3.63, 3.8) is 0 Å². The van der Waals surface area contributed by atoms with Gasteiger partial charge in [-0.1, -0.05) is 12.1 Å². The van der Waals surface area contributed by atoms with Crippen LogP contribution in [0.5, 0.6) is 23.0 Å². The van der Waals surface area contributed by atoms with Gasteiger partial charge in [0, 0.05) is 13.5 Å². The van der Waals surface area contributed by atoms with Crippen molar-refractivity contribution in [2.45, 2.75) is 25.7 Å². The van der Waals surface area contributed by atoms with E-state index in [0.29, 0.717) is 42.9 Å². The number of aryl methyl sites for hydroxylation is 2. The van der Waals surface area contributed by atoms with Gasteiger partial charge in [0.15, 0.2) is 34.7 Å². The number of phenols is 2. The minimum absolute atomic E-state index is 0.0182. The molecule has 2 aromatic carbocycles. The number of ether oxygens (including phenoxy) is 2. The second kappa shape index (κ2) is 11.5. The van der Waals surface area contributed by atoms with E-state index in [1.807, 2.05) is 6.08 Å². The predicted molar refractivity (Wildman–Crippen MR) is 121 cm³/mol. The van der Waals surface area contributed by atoms with Gasteiger partial charge in [-0.05, 0) is 60.7 Å². The SMILES string of the molecule is CN=C(N)Nc1cc(CCC=CC(=O)CCc2ccc(O)c(OC)c2)cc(OC)c1O. The van der Waals surface area contributed by atoms with E-state index in [2.05, 4.69) is 10.3 Å². The van der Waals surface area contributed by atoms with Crippen LogP contribution in [0.25, 0.3) is 0 Å². The summed E-state index contributed by atoms with van der Waals surface area (Å²) in [5.41, 5.74) is 7.92. The maximum Gasteiger partial charge on any atom is 0.192 e. The number of rotatable bonds is 10. The summed E-state index contributed by atoms with van der Waals surface area (Å²) in [4.78, 5) is 16.0. The normalized spacial score (nSPS) is 11.5. The molecule has 0 bridgehead atoms. The molecule has 8 nitrogen and oxygen atoms in total. The molecule has 0 heterocycles. The number of nitrogens with zero attached hydrogens (tertiary/aromatic N) is 1. The molecule has 0 aliphatic rings. The Morgan fingerprint density at radius 2 is 1.81 bits per heavy atom. The van der Waals surface area contributed by atoms with Crippen LogP contribution >= 0.6 is 0 Å². The van der Waals surface area contributed by atoms with Crippen molar-refractivity contribution >= 4 is 17.4 Å². The van der Waals surface area contributed by atoms with E-state index in [1.165, 1.54) is 14.2 Å². The van der Waals surface area contributed by atoms with Crippen LogP contribution in [0, 0.1) is 0 Å². The Bertz CT molecular complexity index is 970. The van der Waals surface area contributed by atoms with Crippen molar-refractivity contribution in [1.29, 1.82) is 0 Å². The van der Waals surface area contributed by atoms with Crippen molar-refractivity contribution in [3.8, 4) is 23.0 Å². The first-order valence-corrected chi connectivity index (χ1v) is 9.82. The molecule has 8 heteroatoms. The summed E-state index contributed by atoms with van der Waals surface area (Å²) in [5.74, 6) is 0.940. The van der Waals surface area contributed by atoms with E-state index in [4.69, 9.17) is 15.2 Å². The Hall–Kier alpha value is -3.68. The zero-order chi connectivity index (χ0) is 22.8. The number of ketones is 1. The van der Waals surface area contributed by atoms with Crippen LogP contribution in [0.2, 0.25) is 0 Å². The van der Waals surface area contributed by atoms with Crippen LogP contribution in [0.15, 0.2) is 47.5 Å². The molecule has 5 N–H and O–H groups in total. The van der Waals surface area contributed by atoms with Crippen molar-refractivity contribution in [1.82, 2.24) is 0 Å². The first-order chi connectivity index (χ1) is 14.9. The van der Waals surface area contributed by atoms with Gasteiger partial charge in [0.1, 0.15) is 0 Å². The fourth-order valence-corrected chi connectivity index (χ4v) is 2.95. The molecule has 0 unspecified atom stereocenters. The number of hydrogen-bond donors (Lipinski definition) is 4. The predicted octanol–water partition coefficient (Wildman–Crippen LogP) is 3.16. The molecule has 0 aliphatic carbocycles. The third-order valence-corrected chi connectivity index (χ3v) is 4.67. The Morgan fingerprint density at radius 1 is 1.10 bits per heavy atom. The van der Waals surface area contributed by atoms with E-state index in [0.717, 1.165) is 11.1 Å². The molecule has 166 valence electrons. The second-order valence-electron chi connectivity index (χ2n) is 6.84. The van der Waals surface area contributed by atoms with Crippen LogP contribution in [0.1, 0.15) is 24.0 Å². The Morgan fingerprint density at radius 3 is 2.48 bits per heavy atom. The van der Waals surface area contributed by atoms with Gasteiger partial charge in [-0.2, -0.15) is 0 Å². The minimum Gasteiger partial charge on any atom is -0.504 e. The number of aromatic hydroxyl groups is 2. The molecule has 0 radical (unpaired) electrons. The molecule has 2 rings (SSSR count). The molecule has 0 spiro atoms. The third-order valence-electron chi connectivity index (χ3n) is 4.67. The van der Waals surface area contributed by atoms with E-state index < -0.39 is 0 Å². The first kappa shape index (κ1) is 23.6. The number of anilines is 1. The molecule has 0 aliphatic heterocycles. The number of hydrogen-bond acceptors (Lipinski definition) is 6. The van der Waals surface area contributed by atoms with Crippen LogP contribution in [-0.2, 0) is 17.6 Å². The summed E-state index contributed by atoms with van der Waals surface area (Å²) in [6, 6.07) is 8.57. The van der Waals surface area contributed by atoms with Crippen molar-refractivity contribution in [3.05, 3.63) is 53.6 Å². The van der Waals surface area contributed by atoms with Gasteiger partial charge < -0.3 is 30.7 Å². The third kappa shape index (κ3) is 6.95. The standard InChI is InChI=1S/C23H29N3O5/c1-25-23(24)26-18-12-16(14-21(31-3)22(18)29)6-4-5-7-17(27)10-8-15-9-11-19(28)20(13-15)30-2/h5,7,9,11-14,28-29H,4,6,8,10H2,1-3H3,(H3,24,25,26). The highest BCUT2D eigenvalue weighted by molar-refractivity contribution is 5.94. The fourth-order valence-electron chi connectivity index (χ4n) is 2.95. The number of methoxy groups -OCH3 is 2. The topological polar surface area (TPSA) is 126 Å². The zero-order valence-corrected chi connectivity index (χ0v) is 18.0. The smallest absolute Gasteiger partial charge is 0.192 e. The van der Waals surface area contributed by atoms with Crippen molar-refractivity contribution in [2.24, 2.45) is 10.7 Å². The van der Waals surface area contributed by atoms with Gasteiger partial charge >= 0.3 is 0 Å². The number of carbonyl (C=O) groups is 1. The first-order valence-electron chi connectivity index (χ1n) is 9.82. The molecular formula is C23H29N3O5. The molecule has 31 heavy (non-hydrogen) atoms. The maximum atomic E-state index is 12.1. The van der Waals surface area contributed by atoms with E-state index in [-0.39, 0.29) is 23.2 Å². The minimum atomic E-state index is -0.0468. The lowest BCUT2D eigenvalue weighted by Crippen LogP contribution is -2.22. The van der Waals surface area contributed by atoms with Crippen LogP contribution in [0.4, 0.5) is 5.69 Å². The Kier molecular flexibility index (Phi) is 8.75.